The summed E-state index contributed by atoms with van der Waals surface area (Å²) in [4.78, 5) is 37.5. The Morgan fingerprint density at radius 3 is 1.01 bits per heavy atom. The molecule has 9 heteroatoms. The lowest BCUT2D eigenvalue weighted by Gasteiger charge is -2.26. The van der Waals surface area contributed by atoms with E-state index >= 15 is 0 Å². The first-order valence-corrected chi connectivity index (χ1v) is 35.9. The van der Waals surface area contributed by atoms with Crippen LogP contribution in [-0.4, -0.2) is 82.3 Å². The van der Waals surface area contributed by atoms with Gasteiger partial charge < -0.3 is 33.3 Å². The van der Waals surface area contributed by atoms with Gasteiger partial charge >= 0.3 is 11.9 Å². The summed E-state index contributed by atoms with van der Waals surface area (Å²) in [6.07, 6.45) is 83.1. The molecule has 0 aliphatic heterocycles. The van der Waals surface area contributed by atoms with Crippen LogP contribution in [0.5, 0.6) is 0 Å². The Labute approximate surface area is 520 Å². The number of unbranched alkanes of at least 4 members (excludes halogenated alkanes) is 42. The molecule has 0 aromatic heterocycles. The molecule has 84 heavy (non-hydrogen) atoms. The maximum absolute atomic E-state index is 12.9. The molecule has 0 aromatic rings. The number of esters is 2. The zero-order chi connectivity index (χ0) is 61.2. The third-order valence-corrected chi connectivity index (χ3v) is 16.0. The van der Waals surface area contributed by atoms with Crippen molar-refractivity contribution in [1.29, 1.82) is 0 Å². The molecule has 0 aromatic carbocycles. The fourth-order valence-electron chi connectivity index (χ4n) is 10.6. The number of carbonyl (C=O) groups excluding carboxylic acids is 3. The van der Waals surface area contributed by atoms with E-state index in [1.165, 1.54) is 244 Å². The minimum atomic E-state index is -1.62. The van der Waals surface area contributed by atoms with E-state index in [1.807, 2.05) is 21.1 Å². The molecule has 0 amide bonds. The second-order valence-electron chi connectivity index (χ2n) is 25.5. The lowest BCUT2D eigenvalue weighted by molar-refractivity contribution is -0.870. The molecule has 0 radical (unpaired) electrons. The fraction of sp³-hybridized carbons (Fsp3) is 0.827. The molecule has 490 valence electrons. The largest absolute Gasteiger partial charge is 0.545 e. The van der Waals surface area contributed by atoms with Crippen LogP contribution >= 0.6 is 0 Å². The first kappa shape index (κ1) is 81.0. The molecule has 2 unspecified atom stereocenters. The van der Waals surface area contributed by atoms with E-state index in [0.717, 1.165) is 70.6 Å². The molecule has 0 heterocycles. The third kappa shape index (κ3) is 66.5. The van der Waals surface area contributed by atoms with Gasteiger partial charge in [-0.1, -0.05) is 331 Å². The maximum atomic E-state index is 12.9. The number of carbonyl (C=O) groups is 3. The normalized spacial score (nSPS) is 13.0. The summed E-state index contributed by atoms with van der Waals surface area (Å²) in [6.45, 7) is 4.70. The highest BCUT2D eigenvalue weighted by Gasteiger charge is 2.22. The number of hydrogen-bond donors (Lipinski definition) is 0. The number of nitrogens with zero attached hydrogens (tertiary/aromatic N) is 1. The van der Waals surface area contributed by atoms with Crippen LogP contribution in [0, 0.1) is 0 Å². The molecule has 0 N–H and O–H groups in total. The summed E-state index contributed by atoms with van der Waals surface area (Å²) in [5.74, 6) is -2.25. The van der Waals surface area contributed by atoms with E-state index < -0.39 is 24.3 Å². The molecular weight excluding hydrogens is 1040 g/mol. The number of rotatable bonds is 67. The summed E-state index contributed by atoms with van der Waals surface area (Å²) in [6, 6.07) is 0. The predicted octanol–water partition coefficient (Wildman–Crippen LogP) is 21.0. The number of carboxylic acids is 1. The van der Waals surface area contributed by atoms with Gasteiger partial charge in [-0.2, -0.15) is 0 Å². The van der Waals surface area contributed by atoms with Gasteiger partial charge in [-0.05, 0) is 57.8 Å². The zero-order valence-electron chi connectivity index (χ0n) is 56.0. The van der Waals surface area contributed by atoms with Gasteiger partial charge in [-0.25, -0.2) is 0 Å². The van der Waals surface area contributed by atoms with Crippen LogP contribution in [-0.2, 0) is 33.3 Å². The van der Waals surface area contributed by atoms with Crippen molar-refractivity contribution in [2.24, 2.45) is 0 Å². The van der Waals surface area contributed by atoms with Crippen LogP contribution in [0.25, 0.3) is 0 Å². The average molecular weight is 1180 g/mol. The fourth-order valence-corrected chi connectivity index (χ4v) is 10.6. The Hall–Kier alpha value is -3.01. The van der Waals surface area contributed by atoms with Gasteiger partial charge in [0.2, 0.25) is 0 Å². The highest BCUT2D eigenvalue weighted by atomic mass is 16.7. The molecule has 0 fully saturated rings. The SMILES string of the molecule is CC/C=C\C/C=C\C/C=C\C/C=C\C/C=C\CCCCCCCCCCCCCCCCCCCCCCCC(=O)OC(COC(=O)CCCCCCCCCCCCCCCCCCCCCCCC)COC(OCC[N+](C)(C)C)C(=O)[O-]. The van der Waals surface area contributed by atoms with Gasteiger partial charge in [0.1, 0.15) is 13.2 Å². The maximum Gasteiger partial charge on any atom is 0.306 e. The number of quaternary nitrogens is 1. The van der Waals surface area contributed by atoms with Crippen molar-refractivity contribution < 1.29 is 42.9 Å². The molecule has 0 aliphatic rings. The lowest BCUT2D eigenvalue weighted by Crippen LogP contribution is -2.44. The Morgan fingerprint density at radius 2 is 0.679 bits per heavy atom. The van der Waals surface area contributed by atoms with Crippen molar-refractivity contribution in [2.75, 3.05) is 47.5 Å². The Kier molecular flexibility index (Phi) is 63.6. The number of allylic oxidation sites excluding steroid dienone is 10. The van der Waals surface area contributed by atoms with Crippen LogP contribution < -0.4 is 5.11 Å². The van der Waals surface area contributed by atoms with Crippen molar-refractivity contribution in [3.8, 4) is 0 Å². The van der Waals surface area contributed by atoms with Gasteiger partial charge in [-0.3, -0.25) is 9.59 Å². The van der Waals surface area contributed by atoms with Gasteiger partial charge in [0.15, 0.2) is 12.4 Å². The summed E-state index contributed by atoms with van der Waals surface area (Å²) in [5.41, 5.74) is 0. The number of carboxylic acid groups (broad SMARTS) is 1. The number of likely N-dealkylation sites (N-methyl/N-ethyl adjacent to an activating group) is 1. The predicted molar refractivity (Wildman–Crippen MR) is 357 cm³/mol. The topological polar surface area (TPSA) is 111 Å². The van der Waals surface area contributed by atoms with Crippen LogP contribution in [0.3, 0.4) is 0 Å². The smallest absolute Gasteiger partial charge is 0.306 e. The van der Waals surface area contributed by atoms with Crippen molar-refractivity contribution in [1.82, 2.24) is 0 Å². The van der Waals surface area contributed by atoms with E-state index in [0.29, 0.717) is 17.4 Å². The first-order valence-electron chi connectivity index (χ1n) is 35.9. The summed E-state index contributed by atoms with van der Waals surface area (Å²) in [7, 11) is 5.94. The van der Waals surface area contributed by atoms with Crippen molar-refractivity contribution in [3.63, 3.8) is 0 Å². The molecule has 0 bridgehead atoms. The van der Waals surface area contributed by atoms with Gasteiger partial charge in [0.25, 0.3) is 0 Å². The summed E-state index contributed by atoms with van der Waals surface area (Å²) >= 11 is 0. The number of hydrogen-bond acceptors (Lipinski definition) is 8. The minimum Gasteiger partial charge on any atom is -0.545 e. The van der Waals surface area contributed by atoms with Crippen molar-refractivity contribution >= 4 is 17.9 Å². The lowest BCUT2D eigenvalue weighted by atomic mass is 10.0. The van der Waals surface area contributed by atoms with Crippen LogP contribution in [0.2, 0.25) is 0 Å². The van der Waals surface area contributed by atoms with E-state index in [9.17, 15) is 19.5 Å². The van der Waals surface area contributed by atoms with Crippen LogP contribution in [0.4, 0.5) is 0 Å². The molecule has 0 saturated heterocycles. The third-order valence-electron chi connectivity index (χ3n) is 16.0. The molecule has 9 nitrogen and oxygen atoms in total. The number of aliphatic carboxylic acids is 1. The monoisotopic (exact) mass is 1180 g/mol. The van der Waals surface area contributed by atoms with E-state index in [4.69, 9.17) is 18.9 Å². The average Bonchev–Trinajstić information content (AvgIpc) is 3.55. The van der Waals surface area contributed by atoms with Crippen LogP contribution in [0.15, 0.2) is 60.8 Å². The minimum absolute atomic E-state index is 0.150. The van der Waals surface area contributed by atoms with E-state index in [1.54, 1.807) is 0 Å². The van der Waals surface area contributed by atoms with Gasteiger partial charge in [-0.15, -0.1) is 0 Å². The zero-order valence-corrected chi connectivity index (χ0v) is 56.0. The molecule has 0 spiro atoms. The van der Waals surface area contributed by atoms with E-state index in [2.05, 4.69) is 74.6 Å². The first-order chi connectivity index (χ1) is 41.1. The molecule has 2 atom stereocenters. The van der Waals surface area contributed by atoms with Crippen LogP contribution in [0.1, 0.15) is 341 Å². The second kappa shape index (κ2) is 66.0. The Morgan fingerprint density at radius 1 is 0.369 bits per heavy atom. The summed E-state index contributed by atoms with van der Waals surface area (Å²) in [5, 5.41) is 11.8. The van der Waals surface area contributed by atoms with Crippen molar-refractivity contribution in [2.45, 2.75) is 354 Å². The second-order valence-corrected chi connectivity index (χ2v) is 25.5. The van der Waals surface area contributed by atoms with E-state index in [-0.39, 0.29) is 32.2 Å². The molecular formula is C75H137NO8. The highest BCUT2D eigenvalue weighted by molar-refractivity contribution is 5.70. The number of ether oxygens (including phenoxy) is 4. The highest BCUT2D eigenvalue weighted by Crippen LogP contribution is 2.19. The standard InChI is InChI=1S/C75H137NO8/c1-6-8-10-12-14-16-18-20-22-24-26-28-30-31-32-33-34-35-36-37-38-39-40-41-42-43-44-46-48-50-52-54-56-58-60-62-64-66-73(78)84-71(70-83-75(74(79)80)81-68-67-76(3,4)5)69-82-72(77)65-63-61-59-57-55-53-51-49-47-45-29-27-25-23-21-19-17-15-13-11-9-7-2/h8,10,14,16,20,22,26,28,31-32,71,75H,6-7,9,11-13,15,17-19,21,23-25,27,29-30,33-70H2,1-5H3/b10-8-,16-14-,22-20-,28-26-,32-31-. The Balaban J connectivity index is 4.01. The van der Waals surface area contributed by atoms with Gasteiger partial charge in [0, 0.05) is 12.8 Å². The molecule has 0 saturated carbocycles. The summed E-state index contributed by atoms with van der Waals surface area (Å²) < 4.78 is 22.8. The molecule has 0 aliphatic carbocycles. The Bertz CT molecular complexity index is 1560. The van der Waals surface area contributed by atoms with Gasteiger partial charge in [0.05, 0.1) is 40.3 Å². The van der Waals surface area contributed by atoms with Crippen molar-refractivity contribution in [3.05, 3.63) is 60.8 Å². The molecule has 0 rings (SSSR count). The quantitative estimate of drug-likeness (QED) is 0.0195.